The summed E-state index contributed by atoms with van der Waals surface area (Å²) >= 11 is 0. The van der Waals surface area contributed by atoms with Crippen LogP contribution < -0.4 is 14.8 Å². The normalized spacial score (nSPS) is 16.0. The molecule has 0 aromatic heterocycles. The van der Waals surface area contributed by atoms with Crippen molar-refractivity contribution < 1.29 is 13.9 Å². The van der Waals surface area contributed by atoms with Gasteiger partial charge >= 0.3 is 0 Å². The number of nitrogens with zero attached hydrogens (tertiary/aromatic N) is 1. The summed E-state index contributed by atoms with van der Waals surface area (Å²) in [5.41, 5.74) is 1.55. The Balaban J connectivity index is 0.00000210. The van der Waals surface area contributed by atoms with Crippen molar-refractivity contribution >= 4 is 24.8 Å². The SMILES string of the molecule is CCN1CCCC1CNCc1cccc(OC)c1OCc1ccccc1F.Cl.Cl. The predicted octanol–water partition coefficient (Wildman–Crippen LogP) is 4.83. The van der Waals surface area contributed by atoms with Crippen LogP contribution in [-0.2, 0) is 13.2 Å². The Labute approximate surface area is 185 Å². The Kier molecular flexibility index (Phi) is 11.4. The predicted molar refractivity (Wildman–Crippen MR) is 120 cm³/mol. The van der Waals surface area contributed by atoms with Crippen LogP contribution in [0.25, 0.3) is 0 Å². The fourth-order valence-electron chi connectivity index (χ4n) is 3.71. The van der Waals surface area contributed by atoms with E-state index < -0.39 is 0 Å². The highest BCUT2D eigenvalue weighted by molar-refractivity contribution is 5.85. The molecule has 1 heterocycles. The Bertz CT molecular complexity index is 749. The van der Waals surface area contributed by atoms with Gasteiger partial charge in [-0.05, 0) is 38.1 Å². The molecule has 7 heteroatoms. The molecule has 1 atom stereocenters. The third kappa shape index (κ3) is 6.75. The van der Waals surface area contributed by atoms with E-state index >= 15 is 0 Å². The van der Waals surface area contributed by atoms with Crippen LogP contribution in [0, 0.1) is 5.82 Å². The third-order valence-corrected chi connectivity index (χ3v) is 5.21. The van der Waals surface area contributed by atoms with Gasteiger partial charge in [-0.1, -0.05) is 37.3 Å². The topological polar surface area (TPSA) is 33.7 Å². The third-order valence-electron chi connectivity index (χ3n) is 5.21. The lowest BCUT2D eigenvalue weighted by atomic mass is 10.1. The molecule has 0 bridgehead atoms. The molecular formula is C22H31Cl2FN2O2. The van der Waals surface area contributed by atoms with Crippen LogP contribution in [0.4, 0.5) is 4.39 Å². The summed E-state index contributed by atoms with van der Waals surface area (Å²) in [7, 11) is 1.63. The number of nitrogens with one attached hydrogen (secondary N) is 1. The van der Waals surface area contributed by atoms with Gasteiger partial charge in [0.25, 0.3) is 0 Å². The number of likely N-dealkylation sites (tertiary alicyclic amines) is 1. The van der Waals surface area contributed by atoms with Gasteiger partial charge in [-0.25, -0.2) is 4.39 Å². The molecule has 1 aliphatic heterocycles. The van der Waals surface area contributed by atoms with Crippen molar-refractivity contribution in [3.63, 3.8) is 0 Å². The lowest BCUT2D eigenvalue weighted by molar-refractivity contribution is 0.257. The van der Waals surface area contributed by atoms with E-state index in [0.29, 0.717) is 29.6 Å². The maximum Gasteiger partial charge on any atom is 0.166 e. The van der Waals surface area contributed by atoms with Crippen molar-refractivity contribution in [2.45, 2.75) is 39.0 Å². The maximum atomic E-state index is 13.9. The van der Waals surface area contributed by atoms with Gasteiger partial charge in [0.05, 0.1) is 7.11 Å². The molecule has 1 saturated heterocycles. The zero-order valence-electron chi connectivity index (χ0n) is 17.0. The summed E-state index contributed by atoms with van der Waals surface area (Å²) in [6, 6.07) is 13.1. The summed E-state index contributed by atoms with van der Waals surface area (Å²) in [6.07, 6.45) is 2.52. The average molecular weight is 445 g/mol. The molecule has 0 spiro atoms. The molecule has 1 fully saturated rings. The minimum atomic E-state index is -0.257. The van der Waals surface area contributed by atoms with E-state index in [4.69, 9.17) is 9.47 Å². The maximum absolute atomic E-state index is 13.9. The lowest BCUT2D eigenvalue weighted by Crippen LogP contribution is -2.37. The number of ether oxygens (including phenoxy) is 2. The first kappa shape index (κ1) is 25.5. The van der Waals surface area contributed by atoms with Crippen LogP contribution in [0.5, 0.6) is 11.5 Å². The van der Waals surface area contributed by atoms with Crippen molar-refractivity contribution in [1.29, 1.82) is 0 Å². The van der Waals surface area contributed by atoms with Crippen LogP contribution in [0.3, 0.4) is 0 Å². The molecule has 29 heavy (non-hydrogen) atoms. The highest BCUT2D eigenvalue weighted by atomic mass is 35.5. The second-order valence-electron chi connectivity index (χ2n) is 6.88. The minimum absolute atomic E-state index is 0. The van der Waals surface area contributed by atoms with Gasteiger partial charge in [-0.3, -0.25) is 4.90 Å². The molecule has 4 nitrogen and oxygen atoms in total. The molecule has 0 saturated carbocycles. The highest BCUT2D eigenvalue weighted by Gasteiger charge is 2.22. The van der Waals surface area contributed by atoms with Crippen molar-refractivity contribution in [2.24, 2.45) is 0 Å². The second kappa shape index (κ2) is 12.9. The molecule has 3 rings (SSSR count). The molecule has 0 amide bonds. The fourth-order valence-corrected chi connectivity index (χ4v) is 3.71. The number of para-hydroxylation sites is 1. The van der Waals surface area contributed by atoms with Gasteiger partial charge in [0.1, 0.15) is 12.4 Å². The molecule has 162 valence electrons. The standard InChI is InChI=1S/C22H29FN2O2.2ClH/c1-3-25-13-7-10-19(25)15-24-14-17-9-6-12-21(26-2)22(17)27-16-18-8-4-5-11-20(18)23;;/h4-6,8-9,11-12,19,24H,3,7,10,13-16H2,1-2H3;2*1H. The quantitative estimate of drug-likeness (QED) is 0.600. The Morgan fingerprint density at radius 2 is 1.86 bits per heavy atom. The Morgan fingerprint density at radius 1 is 1.10 bits per heavy atom. The Hall–Kier alpha value is -1.53. The van der Waals surface area contributed by atoms with Gasteiger partial charge in [-0.2, -0.15) is 0 Å². The zero-order valence-corrected chi connectivity index (χ0v) is 18.7. The Morgan fingerprint density at radius 3 is 2.59 bits per heavy atom. The lowest BCUT2D eigenvalue weighted by Gasteiger charge is -2.23. The number of methoxy groups -OCH3 is 1. The number of hydrogen-bond donors (Lipinski definition) is 1. The minimum Gasteiger partial charge on any atom is -0.493 e. The number of halogens is 3. The van der Waals surface area contributed by atoms with E-state index in [1.807, 2.05) is 24.3 Å². The van der Waals surface area contributed by atoms with Gasteiger partial charge in [0, 0.05) is 30.3 Å². The van der Waals surface area contributed by atoms with E-state index in [9.17, 15) is 4.39 Å². The number of rotatable bonds is 9. The van der Waals surface area contributed by atoms with E-state index in [1.54, 1.807) is 19.2 Å². The summed E-state index contributed by atoms with van der Waals surface area (Å²) in [4.78, 5) is 2.52. The van der Waals surface area contributed by atoms with Crippen molar-refractivity contribution in [2.75, 3.05) is 26.7 Å². The summed E-state index contributed by atoms with van der Waals surface area (Å²) in [5.74, 6) is 1.09. The summed E-state index contributed by atoms with van der Waals surface area (Å²) < 4.78 is 25.3. The van der Waals surface area contributed by atoms with Crippen LogP contribution in [0.2, 0.25) is 0 Å². The van der Waals surface area contributed by atoms with Crippen LogP contribution >= 0.6 is 24.8 Å². The first-order valence-electron chi connectivity index (χ1n) is 9.69. The van der Waals surface area contributed by atoms with E-state index in [2.05, 4.69) is 17.1 Å². The first-order valence-corrected chi connectivity index (χ1v) is 9.69. The van der Waals surface area contributed by atoms with Gasteiger partial charge in [-0.15, -0.1) is 24.8 Å². The largest absolute Gasteiger partial charge is 0.493 e. The van der Waals surface area contributed by atoms with E-state index in [0.717, 1.165) is 18.7 Å². The van der Waals surface area contributed by atoms with Crippen LogP contribution in [0.1, 0.15) is 30.9 Å². The van der Waals surface area contributed by atoms with E-state index in [1.165, 1.54) is 25.5 Å². The monoisotopic (exact) mass is 444 g/mol. The fraction of sp³-hybridized carbons (Fsp3) is 0.455. The molecular weight excluding hydrogens is 414 g/mol. The van der Waals surface area contributed by atoms with Crippen LogP contribution in [-0.4, -0.2) is 37.7 Å². The number of likely N-dealkylation sites (N-methyl/N-ethyl adjacent to an activating group) is 1. The molecule has 2 aromatic carbocycles. The molecule has 1 aliphatic rings. The van der Waals surface area contributed by atoms with E-state index in [-0.39, 0.29) is 37.2 Å². The number of benzene rings is 2. The van der Waals surface area contributed by atoms with Crippen molar-refractivity contribution in [3.05, 3.63) is 59.4 Å². The molecule has 1 unspecified atom stereocenters. The molecule has 0 radical (unpaired) electrons. The van der Waals surface area contributed by atoms with Crippen molar-refractivity contribution in [1.82, 2.24) is 10.2 Å². The van der Waals surface area contributed by atoms with Crippen LogP contribution in [0.15, 0.2) is 42.5 Å². The average Bonchev–Trinajstić information content (AvgIpc) is 3.15. The summed E-state index contributed by atoms with van der Waals surface area (Å²) in [6.45, 7) is 6.33. The molecule has 1 N–H and O–H groups in total. The number of hydrogen-bond acceptors (Lipinski definition) is 4. The summed E-state index contributed by atoms with van der Waals surface area (Å²) in [5, 5.41) is 3.56. The smallest absolute Gasteiger partial charge is 0.166 e. The zero-order chi connectivity index (χ0) is 19.1. The van der Waals surface area contributed by atoms with Gasteiger partial charge in [0.2, 0.25) is 0 Å². The molecule has 2 aromatic rings. The molecule has 0 aliphatic carbocycles. The van der Waals surface area contributed by atoms with Gasteiger partial charge in [0.15, 0.2) is 11.5 Å². The highest BCUT2D eigenvalue weighted by Crippen LogP contribution is 2.32. The van der Waals surface area contributed by atoms with Gasteiger partial charge < -0.3 is 14.8 Å². The second-order valence-corrected chi connectivity index (χ2v) is 6.88. The van der Waals surface area contributed by atoms with Crippen molar-refractivity contribution in [3.8, 4) is 11.5 Å². The first-order chi connectivity index (χ1) is 13.2.